The zero-order valence-electron chi connectivity index (χ0n) is 13.5. The van der Waals surface area contributed by atoms with E-state index in [0.29, 0.717) is 0 Å². The van der Waals surface area contributed by atoms with Crippen LogP contribution in [0.2, 0.25) is 0 Å². The first-order valence-corrected chi connectivity index (χ1v) is 8.81. The molecule has 122 valence electrons. The van der Waals surface area contributed by atoms with Gasteiger partial charge in [-0.25, -0.2) is 4.98 Å². The highest BCUT2D eigenvalue weighted by atomic mass is 32.1. The normalized spacial score (nSPS) is 19.7. The predicted molar refractivity (Wildman–Crippen MR) is 89.8 cm³/mol. The van der Waals surface area contributed by atoms with E-state index in [4.69, 9.17) is 4.74 Å². The Balaban J connectivity index is 1.40. The number of aromatic nitrogens is 4. The van der Waals surface area contributed by atoms with Crippen LogP contribution in [0.5, 0.6) is 0 Å². The number of imidazole rings is 1. The average Bonchev–Trinajstić information content (AvgIpc) is 3.15. The smallest absolute Gasteiger partial charge is 0.193 e. The van der Waals surface area contributed by atoms with Crippen LogP contribution in [0.1, 0.15) is 17.1 Å². The molecule has 0 radical (unpaired) electrons. The summed E-state index contributed by atoms with van der Waals surface area (Å²) in [5.41, 5.74) is 3.38. The van der Waals surface area contributed by atoms with Gasteiger partial charge >= 0.3 is 0 Å². The van der Waals surface area contributed by atoms with Gasteiger partial charge in [0.2, 0.25) is 0 Å². The Morgan fingerprint density at radius 1 is 1.39 bits per heavy atom. The van der Waals surface area contributed by atoms with Gasteiger partial charge in [0, 0.05) is 43.1 Å². The quantitative estimate of drug-likeness (QED) is 0.735. The van der Waals surface area contributed by atoms with Crippen LogP contribution in [-0.4, -0.2) is 49.9 Å². The topological polar surface area (TPSA) is 47.6 Å². The summed E-state index contributed by atoms with van der Waals surface area (Å²) in [7, 11) is 0. The zero-order chi connectivity index (χ0) is 15.8. The second-order valence-electron chi connectivity index (χ2n) is 6.16. The lowest BCUT2D eigenvalue weighted by molar-refractivity contribution is -0.0407. The zero-order valence-corrected chi connectivity index (χ0v) is 14.3. The fraction of sp³-hybridized carbons (Fsp3) is 0.500. The third-order valence-electron chi connectivity index (χ3n) is 4.23. The molecule has 6 nitrogen and oxygen atoms in total. The Labute approximate surface area is 139 Å². The second-order valence-corrected chi connectivity index (χ2v) is 7.04. The fourth-order valence-electron chi connectivity index (χ4n) is 3.17. The maximum atomic E-state index is 5.93. The monoisotopic (exact) mass is 331 g/mol. The highest BCUT2D eigenvalue weighted by Gasteiger charge is 2.22. The summed E-state index contributed by atoms with van der Waals surface area (Å²) < 4.78 is 10.1. The first-order valence-electron chi connectivity index (χ1n) is 7.93. The minimum absolute atomic E-state index is 0.186. The van der Waals surface area contributed by atoms with E-state index in [-0.39, 0.29) is 6.10 Å². The molecule has 0 spiro atoms. The fourth-order valence-corrected chi connectivity index (χ4v) is 3.89. The van der Waals surface area contributed by atoms with Gasteiger partial charge in [0.15, 0.2) is 4.96 Å². The molecule has 3 aromatic rings. The molecule has 1 saturated heterocycles. The van der Waals surface area contributed by atoms with Crippen molar-refractivity contribution in [1.82, 2.24) is 24.1 Å². The summed E-state index contributed by atoms with van der Waals surface area (Å²) in [4.78, 5) is 8.16. The standard InChI is InChI=1S/C16H21N5OS/c1-12-7-13(2)21(18-12)11-15-10-19(3-5-22-15)8-14-9-20-4-6-23-16(20)17-14/h4,6-7,9,15H,3,5,8,10-11H2,1-2H3/t15-/m1/s1. The van der Waals surface area contributed by atoms with Crippen molar-refractivity contribution in [3.05, 3.63) is 40.9 Å². The summed E-state index contributed by atoms with van der Waals surface area (Å²) in [5.74, 6) is 0. The number of aryl methyl sites for hydroxylation is 2. The highest BCUT2D eigenvalue weighted by molar-refractivity contribution is 7.15. The lowest BCUT2D eigenvalue weighted by Crippen LogP contribution is -2.44. The molecule has 23 heavy (non-hydrogen) atoms. The summed E-state index contributed by atoms with van der Waals surface area (Å²) in [6.45, 7) is 8.47. The molecule has 1 aliphatic heterocycles. The molecular formula is C16H21N5OS. The Bertz CT molecular complexity index is 776. The van der Waals surface area contributed by atoms with Crippen molar-refractivity contribution in [2.45, 2.75) is 33.0 Å². The van der Waals surface area contributed by atoms with Crippen LogP contribution < -0.4 is 0 Å². The van der Waals surface area contributed by atoms with Crippen LogP contribution in [0.25, 0.3) is 4.96 Å². The molecule has 0 aromatic carbocycles. The van der Waals surface area contributed by atoms with Crippen LogP contribution >= 0.6 is 11.3 Å². The van der Waals surface area contributed by atoms with Gasteiger partial charge < -0.3 is 4.74 Å². The van der Waals surface area contributed by atoms with Gasteiger partial charge in [-0.2, -0.15) is 5.10 Å². The number of ether oxygens (including phenoxy) is 1. The van der Waals surface area contributed by atoms with Crippen LogP contribution in [0.3, 0.4) is 0 Å². The number of hydrogen-bond acceptors (Lipinski definition) is 5. The van der Waals surface area contributed by atoms with E-state index in [2.05, 4.69) is 54.8 Å². The predicted octanol–water partition coefficient (Wildman–Crippen LogP) is 2.11. The molecule has 0 amide bonds. The van der Waals surface area contributed by atoms with E-state index in [9.17, 15) is 0 Å². The van der Waals surface area contributed by atoms with E-state index in [1.54, 1.807) is 11.3 Å². The molecule has 1 fully saturated rings. The minimum Gasteiger partial charge on any atom is -0.374 e. The lowest BCUT2D eigenvalue weighted by Gasteiger charge is -2.32. The number of thiazole rings is 1. The molecule has 1 atom stereocenters. The van der Waals surface area contributed by atoms with Crippen LogP contribution in [0.15, 0.2) is 23.8 Å². The number of morpholine rings is 1. The summed E-state index contributed by atoms with van der Waals surface area (Å²) >= 11 is 1.67. The molecule has 4 rings (SSSR count). The van der Waals surface area contributed by atoms with Gasteiger partial charge in [0.05, 0.1) is 30.6 Å². The molecule has 7 heteroatoms. The van der Waals surface area contributed by atoms with Gasteiger partial charge in [-0.15, -0.1) is 11.3 Å². The van der Waals surface area contributed by atoms with E-state index < -0.39 is 0 Å². The second kappa shape index (κ2) is 6.07. The first-order chi connectivity index (χ1) is 11.2. The van der Waals surface area contributed by atoms with Crippen LogP contribution in [-0.2, 0) is 17.8 Å². The van der Waals surface area contributed by atoms with Gasteiger partial charge in [-0.1, -0.05) is 0 Å². The maximum absolute atomic E-state index is 5.93. The van der Waals surface area contributed by atoms with Crippen molar-refractivity contribution in [3.63, 3.8) is 0 Å². The third-order valence-corrected chi connectivity index (χ3v) is 5.00. The van der Waals surface area contributed by atoms with Crippen LogP contribution in [0, 0.1) is 13.8 Å². The van der Waals surface area contributed by atoms with Crippen molar-refractivity contribution in [3.8, 4) is 0 Å². The molecule has 3 aromatic heterocycles. The largest absolute Gasteiger partial charge is 0.374 e. The summed E-state index contributed by atoms with van der Waals surface area (Å²) in [6, 6.07) is 2.11. The SMILES string of the molecule is Cc1cc(C)n(C[C@H]2CN(Cc3cn4ccsc4n3)CCO2)n1. The van der Waals surface area contributed by atoms with Gasteiger partial charge in [-0.05, 0) is 19.9 Å². The Kier molecular flexibility index (Phi) is 3.92. The van der Waals surface area contributed by atoms with E-state index >= 15 is 0 Å². The Hall–Kier alpha value is -1.70. The average molecular weight is 331 g/mol. The molecule has 0 bridgehead atoms. The number of fused-ring (bicyclic) bond motifs is 1. The molecule has 0 unspecified atom stereocenters. The molecule has 0 saturated carbocycles. The maximum Gasteiger partial charge on any atom is 0.193 e. The third kappa shape index (κ3) is 3.17. The molecule has 1 aliphatic rings. The van der Waals surface area contributed by atoms with Crippen molar-refractivity contribution in [1.29, 1.82) is 0 Å². The summed E-state index contributed by atoms with van der Waals surface area (Å²) in [6.07, 6.45) is 4.36. The molecule has 4 heterocycles. The van der Waals surface area contributed by atoms with Gasteiger partial charge in [0.1, 0.15) is 0 Å². The van der Waals surface area contributed by atoms with Crippen molar-refractivity contribution < 1.29 is 4.74 Å². The number of nitrogens with zero attached hydrogens (tertiary/aromatic N) is 5. The minimum atomic E-state index is 0.186. The van der Waals surface area contributed by atoms with Crippen LogP contribution in [0.4, 0.5) is 0 Å². The van der Waals surface area contributed by atoms with E-state index in [1.165, 1.54) is 5.69 Å². The first kappa shape index (κ1) is 14.9. The van der Waals surface area contributed by atoms with Crippen molar-refractivity contribution in [2.75, 3.05) is 19.7 Å². The van der Waals surface area contributed by atoms with E-state index in [1.807, 2.05) is 6.92 Å². The van der Waals surface area contributed by atoms with Crippen molar-refractivity contribution in [2.24, 2.45) is 0 Å². The summed E-state index contributed by atoms with van der Waals surface area (Å²) in [5, 5.41) is 6.60. The van der Waals surface area contributed by atoms with Gasteiger partial charge in [0.25, 0.3) is 0 Å². The molecular weight excluding hydrogens is 310 g/mol. The number of hydrogen-bond donors (Lipinski definition) is 0. The van der Waals surface area contributed by atoms with Crippen molar-refractivity contribution >= 4 is 16.3 Å². The van der Waals surface area contributed by atoms with E-state index in [0.717, 1.165) is 49.1 Å². The Morgan fingerprint density at radius 3 is 3.09 bits per heavy atom. The van der Waals surface area contributed by atoms with Gasteiger partial charge in [-0.3, -0.25) is 14.0 Å². The molecule has 0 aliphatic carbocycles. The highest BCUT2D eigenvalue weighted by Crippen LogP contribution is 2.15. The number of rotatable bonds is 4. The Morgan fingerprint density at radius 2 is 2.30 bits per heavy atom. The molecule has 0 N–H and O–H groups in total. The lowest BCUT2D eigenvalue weighted by atomic mass is 10.2.